The van der Waals surface area contributed by atoms with Crippen LogP contribution in [0.15, 0.2) is 59.4 Å². The minimum Gasteiger partial charge on any atom is -0.497 e. The molecule has 8 heteroatoms. The van der Waals surface area contributed by atoms with Crippen molar-refractivity contribution in [1.82, 2.24) is 9.55 Å². The topological polar surface area (TPSA) is 85.2 Å². The summed E-state index contributed by atoms with van der Waals surface area (Å²) in [7, 11) is 1.56. The van der Waals surface area contributed by atoms with Crippen LogP contribution in [-0.4, -0.2) is 22.6 Å². The van der Waals surface area contributed by atoms with Crippen molar-refractivity contribution in [2.75, 3.05) is 17.7 Å². The van der Waals surface area contributed by atoms with Gasteiger partial charge in [-0.3, -0.25) is 14.2 Å². The summed E-state index contributed by atoms with van der Waals surface area (Å²) in [6.07, 6.45) is 0. The van der Waals surface area contributed by atoms with E-state index in [4.69, 9.17) is 4.74 Å². The van der Waals surface area contributed by atoms with Gasteiger partial charge in [0.1, 0.15) is 18.1 Å². The molecule has 2 aromatic carbocycles. The van der Waals surface area contributed by atoms with E-state index >= 15 is 0 Å². The van der Waals surface area contributed by atoms with E-state index in [9.17, 15) is 14.0 Å². The number of aryl methyl sites for hydroxylation is 1. The average molecular weight is 382 g/mol. The number of carbonyl (C=O) groups excluding carboxylic acids is 1. The first-order valence-corrected chi connectivity index (χ1v) is 8.49. The largest absolute Gasteiger partial charge is 0.497 e. The number of ether oxygens (including phenoxy) is 1. The van der Waals surface area contributed by atoms with Crippen LogP contribution in [0.2, 0.25) is 0 Å². The molecule has 7 nitrogen and oxygen atoms in total. The van der Waals surface area contributed by atoms with Gasteiger partial charge in [0.2, 0.25) is 11.9 Å². The lowest BCUT2D eigenvalue weighted by Gasteiger charge is -2.14. The standard InChI is InChI=1S/C20H19FN4O3/c1-13-11-19(27)25(20(22-13)24-16-5-3-14(21)4-6-16)12-18(26)23-15-7-9-17(28-2)10-8-15/h3-11H,12H2,1-2H3,(H,22,24)(H,23,26). The van der Waals surface area contributed by atoms with Gasteiger partial charge in [-0.05, 0) is 55.5 Å². The number of anilines is 3. The Balaban J connectivity index is 1.80. The Hall–Kier alpha value is -3.68. The minimum absolute atomic E-state index is 0.196. The highest BCUT2D eigenvalue weighted by atomic mass is 19.1. The lowest BCUT2D eigenvalue weighted by atomic mass is 10.3. The number of hydrogen-bond acceptors (Lipinski definition) is 5. The highest BCUT2D eigenvalue weighted by Gasteiger charge is 2.12. The van der Waals surface area contributed by atoms with Crippen LogP contribution in [-0.2, 0) is 11.3 Å². The van der Waals surface area contributed by atoms with Gasteiger partial charge in [-0.2, -0.15) is 0 Å². The quantitative estimate of drug-likeness (QED) is 0.684. The minimum atomic E-state index is -0.389. The highest BCUT2D eigenvalue weighted by Crippen LogP contribution is 2.16. The van der Waals surface area contributed by atoms with Gasteiger partial charge in [-0.1, -0.05) is 0 Å². The molecule has 0 atom stereocenters. The van der Waals surface area contributed by atoms with Gasteiger partial charge in [-0.25, -0.2) is 9.37 Å². The average Bonchev–Trinajstić information content (AvgIpc) is 2.67. The van der Waals surface area contributed by atoms with E-state index in [0.717, 1.165) is 0 Å². The number of rotatable bonds is 6. The van der Waals surface area contributed by atoms with Crippen LogP contribution in [0.3, 0.4) is 0 Å². The summed E-state index contributed by atoms with van der Waals surface area (Å²) in [5, 5.41) is 5.68. The van der Waals surface area contributed by atoms with E-state index in [1.807, 2.05) is 0 Å². The van der Waals surface area contributed by atoms with E-state index in [-0.39, 0.29) is 29.8 Å². The molecule has 0 aliphatic rings. The van der Waals surface area contributed by atoms with Crippen molar-refractivity contribution >= 4 is 23.2 Å². The first-order valence-electron chi connectivity index (χ1n) is 8.49. The zero-order chi connectivity index (χ0) is 20.1. The fourth-order valence-electron chi connectivity index (χ4n) is 2.55. The van der Waals surface area contributed by atoms with Crippen molar-refractivity contribution in [3.8, 4) is 5.75 Å². The van der Waals surface area contributed by atoms with E-state index in [1.54, 1.807) is 38.3 Å². The molecule has 1 amide bonds. The number of methoxy groups -OCH3 is 1. The Kier molecular flexibility index (Phi) is 5.69. The SMILES string of the molecule is COc1ccc(NC(=O)Cn2c(Nc3ccc(F)cc3)nc(C)cc2=O)cc1. The maximum Gasteiger partial charge on any atom is 0.255 e. The third-order valence-corrected chi connectivity index (χ3v) is 3.91. The summed E-state index contributed by atoms with van der Waals surface area (Å²) in [4.78, 5) is 29.1. The van der Waals surface area contributed by atoms with Crippen molar-refractivity contribution in [3.63, 3.8) is 0 Å². The van der Waals surface area contributed by atoms with Crippen LogP contribution in [0.5, 0.6) is 5.75 Å². The number of nitrogens with one attached hydrogen (secondary N) is 2. The summed E-state index contributed by atoms with van der Waals surface area (Å²) in [5.41, 5.74) is 1.25. The summed E-state index contributed by atoms with van der Waals surface area (Å²) in [6.45, 7) is 1.45. The molecule has 0 radical (unpaired) electrons. The van der Waals surface area contributed by atoms with E-state index in [2.05, 4.69) is 15.6 Å². The molecule has 0 aliphatic heterocycles. The predicted octanol–water partition coefficient (Wildman–Crippen LogP) is 3.08. The van der Waals surface area contributed by atoms with Crippen molar-refractivity contribution in [2.24, 2.45) is 0 Å². The van der Waals surface area contributed by atoms with Crippen molar-refractivity contribution in [3.05, 3.63) is 76.5 Å². The van der Waals surface area contributed by atoms with Gasteiger partial charge >= 0.3 is 0 Å². The van der Waals surface area contributed by atoms with Crippen molar-refractivity contribution < 1.29 is 13.9 Å². The maximum absolute atomic E-state index is 13.1. The van der Waals surface area contributed by atoms with Gasteiger partial charge in [-0.15, -0.1) is 0 Å². The van der Waals surface area contributed by atoms with Gasteiger partial charge in [0.25, 0.3) is 5.56 Å². The Morgan fingerprint density at radius 1 is 1.11 bits per heavy atom. The maximum atomic E-state index is 13.1. The third-order valence-electron chi connectivity index (χ3n) is 3.91. The molecule has 28 heavy (non-hydrogen) atoms. The van der Waals surface area contributed by atoms with Crippen molar-refractivity contribution in [2.45, 2.75) is 13.5 Å². The van der Waals surface area contributed by atoms with Gasteiger partial charge in [0.05, 0.1) is 7.11 Å². The van der Waals surface area contributed by atoms with E-state index in [0.29, 0.717) is 22.8 Å². The van der Waals surface area contributed by atoms with Crippen LogP contribution in [0.1, 0.15) is 5.69 Å². The van der Waals surface area contributed by atoms with Crippen LogP contribution >= 0.6 is 0 Å². The number of aromatic nitrogens is 2. The molecule has 0 bridgehead atoms. The lowest BCUT2D eigenvalue weighted by molar-refractivity contribution is -0.116. The molecule has 144 valence electrons. The molecule has 0 unspecified atom stereocenters. The molecule has 0 saturated heterocycles. The van der Waals surface area contributed by atoms with Crippen molar-refractivity contribution in [1.29, 1.82) is 0 Å². The molecule has 2 N–H and O–H groups in total. The van der Waals surface area contributed by atoms with Crippen LogP contribution in [0.25, 0.3) is 0 Å². The molecular weight excluding hydrogens is 363 g/mol. The second-order valence-corrected chi connectivity index (χ2v) is 6.05. The lowest BCUT2D eigenvalue weighted by Crippen LogP contribution is -2.30. The van der Waals surface area contributed by atoms with Gasteiger partial charge in [0.15, 0.2) is 0 Å². The Bertz CT molecular complexity index is 1030. The number of halogens is 1. The fourth-order valence-corrected chi connectivity index (χ4v) is 2.55. The van der Waals surface area contributed by atoms with E-state index in [1.165, 1.54) is 34.9 Å². The van der Waals surface area contributed by atoms with E-state index < -0.39 is 0 Å². The molecule has 0 saturated carbocycles. The molecule has 0 spiro atoms. The molecule has 0 fully saturated rings. The second-order valence-electron chi connectivity index (χ2n) is 6.05. The summed E-state index contributed by atoms with van der Waals surface area (Å²) < 4.78 is 19.4. The molecule has 1 heterocycles. The number of hydrogen-bond donors (Lipinski definition) is 2. The number of amides is 1. The Morgan fingerprint density at radius 2 is 1.75 bits per heavy atom. The number of carbonyl (C=O) groups is 1. The predicted molar refractivity (Wildman–Crippen MR) is 105 cm³/mol. The monoisotopic (exact) mass is 382 g/mol. The molecule has 3 aromatic rings. The van der Waals surface area contributed by atoms with Gasteiger partial charge < -0.3 is 15.4 Å². The normalized spacial score (nSPS) is 10.4. The summed E-state index contributed by atoms with van der Waals surface area (Å²) in [6, 6.07) is 13.8. The number of nitrogens with zero attached hydrogens (tertiary/aromatic N) is 2. The Morgan fingerprint density at radius 3 is 2.39 bits per heavy atom. The molecule has 3 rings (SSSR count). The van der Waals surface area contributed by atoms with Crippen LogP contribution in [0, 0.1) is 12.7 Å². The number of benzene rings is 2. The van der Waals surface area contributed by atoms with Crippen LogP contribution in [0.4, 0.5) is 21.7 Å². The Labute approximate surface area is 160 Å². The van der Waals surface area contributed by atoms with Gasteiger partial charge in [0, 0.05) is 23.1 Å². The highest BCUT2D eigenvalue weighted by molar-refractivity contribution is 5.90. The second kappa shape index (κ2) is 8.34. The summed E-state index contributed by atoms with van der Waals surface area (Å²) in [5.74, 6) is 0.100. The van der Waals surface area contributed by atoms with Crippen LogP contribution < -0.4 is 20.9 Å². The molecular formula is C20H19FN4O3. The zero-order valence-corrected chi connectivity index (χ0v) is 15.4. The molecule has 1 aromatic heterocycles. The third kappa shape index (κ3) is 4.73. The summed E-state index contributed by atoms with van der Waals surface area (Å²) >= 11 is 0. The zero-order valence-electron chi connectivity index (χ0n) is 15.4. The molecule has 0 aliphatic carbocycles. The first-order chi connectivity index (χ1) is 13.4. The first kappa shape index (κ1) is 19.1. The fraction of sp³-hybridized carbons (Fsp3) is 0.150. The smallest absolute Gasteiger partial charge is 0.255 e.